The van der Waals surface area contributed by atoms with Gasteiger partial charge in [-0.1, -0.05) is 36.4 Å². The van der Waals surface area contributed by atoms with Gasteiger partial charge in [0.05, 0.1) is 32.5 Å². The normalized spacial score (nSPS) is 15.4. The second-order valence-electron chi connectivity index (χ2n) is 8.36. The van der Waals surface area contributed by atoms with Crippen molar-refractivity contribution < 1.29 is 9.47 Å². The van der Waals surface area contributed by atoms with Crippen molar-refractivity contribution in [3.05, 3.63) is 86.8 Å². The van der Waals surface area contributed by atoms with Gasteiger partial charge in [-0.2, -0.15) is 0 Å². The Bertz CT molecular complexity index is 1330. The molecule has 0 fully saturated rings. The van der Waals surface area contributed by atoms with Gasteiger partial charge in [-0.15, -0.1) is 11.3 Å². The van der Waals surface area contributed by atoms with Crippen LogP contribution in [0.5, 0.6) is 11.5 Å². The topological polar surface area (TPSA) is 65.4 Å². The van der Waals surface area contributed by atoms with Crippen LogP contribution in [0.1, 0.15) is 28.0 Å². The van der Waals surface area contributed by atoms with E-state index in [-0.39, 0.29) is 5.56 Å². The first-order chi connectivity index (χ1) is 16.2. The van der Waals surface area contributed by atoms with Crippen molar-refractivity contribution in [1.29, 1.82) is 0 Å². The van der Waals surface area contributed by atoms with E-state index in [0.717, 1.165) is 58.6 Å². The number of ether oxygens (including phenoxy) is 2. The van der Waals surface area contributed by atoms with Gasteiger partial charge < -0.3 is 14.8 Å². The first-order valence-corrected chi connectivity index (χ1v) is 12.0. The van der Waals surface area contributed by atoms with E-state index in [9.17, 15) is 4.79 Å². The van der Waals surface area contributed by atoms with Crippen molar-refractivity contribution >= 4 is 21.6 Å². The van der Waals surface area contributed by atoms with Gasteiger partial charge in [0.2, 0.25) is 0 Å². The number of nitrogens with one attached hydrogen (secondary N) is 1. The molecule has 1 aliphatic rings. The molecule has 2 heterocycles. The molecule has 2 aromatic carbocycles. The number of hydrogen-bond donors (Lipinski definition) is 1. The number of thiophene rings is 1. The fourth-order valence-corrected chi connectivity index (χ4v) is 5.78. The van der Waals surface area contributed by atoms with Crippen LogP contribution in [0.2, 0.25) is 0 Å². The van der Waals surface area contributed by atoms with Gasteiger partial charge in [-0.3, -0.25) is 9.36 Å². The second kappa shape index (κ2) is 9.37. The molecule has 4 aromatic rings. The average molecular weight is 462 g/mol. The fourth-order valence-electron chi connectivity index (χ4n) is 4.52. The maximum atomic E-state index is 13.3. The first kappa shape index (κ1) is 21.7. The number of fused-ring (bicyclic) bond motifs is 3. The molecular weight excluding hydrogens is 434 g/mol. The molecule has 0 bridgehead atoms. The minimum Gasteiger partial charge on any atom is -0.493 e. The third-order valence-electron chi connectivity index (χ3n) is 6.27. The Kier molecular flexibility index (Phi) is 6.15. The van der Waals surface area contributed by atoms with Crippen molar-refractivity contribution in [1.82, 2.24) is 14.9 Å². The van der Waals surface area contributed by atoms with Gasteiger partial charge in [0, 0.05) is 17.5 Å². The van der Waals surface area contributed by atoms with Gasteiger partial charge >= 0.3 is 0 Å². The van der Waals surface area contributed by atoms with Crippen molar-refractivity contribution in [2.45, 2.75) is 38.4 Å². The molecule has 0 aliphatic heterocycles. The first-order valence-electron chi connectivity index (χ1n) is 11.1. The van der Waals surface area contributed by atoms with Crippen LogP contribution in [0.25, 0.3) is 10.2 Å². The standard InChI is InChI=1S/C26H27N3O3S/c1-31-21-11-8-18(12-22(21)32-2)14-27-19-9-10-20-23(13-19)33-25-24(20)26(30)29(16-28-25)15-17-6-4-3-5-7-17/h3-8,11-12,16,19,27H,9-10,13-15H2,1-2H3. The van der Waals surface area contributed by atoms with Crippen molar-refractivity contribution in [2.75, 3.05) is 14.2 Å². The zero-order valence-corrected chi connectivity index (χ0v) is 19.7. The molecule has 1 N–H and O–H groups in total. The minimum atomic E-state index is 0.0677. The lowest BCUT2D eigenvalue weighted by atomic mass is 9.93. The van der Waals surface area contributed by atoms with Gasteiger partial charge in [0.25, 0.3) is 5.56 Å². The lowest BCUT2D eigenvalue weighted by molar-refractivity contribution is 0.354. The van der Waals surface area contributed by atoms with E-state index in [1.807, 2.05) is 42.5 Å². The number of rotatable bonds is 7. The number of aromatic nitrogens is 2. The Hall–Kier alpha value is -3.16. The summed E-state index contributed by atoms with van der Waals surface area (Å²) < 4.78 is 12.5. The van der Waals surface area contributed by atoms with Crippen LogP contribution in [0.3, 0.4) is 0 Å². The van der Waals surface area contributed by atoms with E-state index in [0.29, 0.717) is 12.6 Å². The minimum absolute atomic E-state index is 0.0677. The molecular formula is C26H27N3O3S. The molecule has 0 saturated heterocycles. The van der Waals surface area contributed by atoms with Gasteiger partial charge in [0.1, 0.15) is 4.83 Å². The molecule has 1 atom stereocenters. The van der Waals surface area contributed by atoms with Crippen molar-refractivity contribution in [2.24, 2.45) is 0 Å². The molecule has 0 radical (unpaired) electrons. The molecule has 1 aliphatic carbocycles. The summed E-state index contributed by atoms with van der Waals surface area (Å²) in [6.07, 6.45) is 4.50. The highest BCUT2D eigenvalue weighted by atomic mass is 32.1. The Morgan fingerprint density at radius 1 is 1.09 bits per heavy atom. The summed E-state index contributed by atoms with van der Waals surface area (Å²) in [7, 11) is 3.30. The smallest absolute Gasteiger partial charge is 0.262 e. The summed E-state index contributed by atoms with van der Waals surface area (Å²) in [5, 5.41) is 4.49. The number of hydrogen-bond acceptors (Lipinski definition) is 6. The molecule has 6 nitrogen and oxygen atoms in total. The number of benzene rings is 2. The summed E-state index contributed by atoms with van der Waals surface area (Å²) >= 11 is 1.66. The Balaban J connectivity index is 1.32. The molecule has 0 saturated carbocycles. The van der Waals surface area contributed by atoms with Crippen LogP contribution in [-0.2, 0) is 25.9 Å². The highest BCUT2D eigenvalue weighted by molar-refractivity contribution is 7.18. The van der Waals surface area contributed by atoms with E-state index >= 15 is 0 Å². The predicted molar refractivity (Wildman–Crippen MR) is 132 cm³/mol. The largest absolute Gasteiger partial charge is 0.493 e. The molecule has 0 spiro atoms. The zero-order chi connectivity index (χ0) is 22.8. The quantitative estimate of drug-likeness (QED) is 0.448. The zero-order valence-electron chi connectivity index (χ0n) is 18.8. The van der Waals surface area contributed by atoms with Crippen LogP contribution in [0.4, 0.5) is 0 Å². The van der Waals surface area contributed by atoms with E-state index in [2.05, 4.69) is 16.4 Å². The third kappa shape index (κ3) is 4.38. The van der Waals surface area contributed by atoms with Gasteiger partial charge in [-0.25, -0.2) is 4.98 Å². The van der Waals surface area contributed by atoms with Crippen molar-refractivity contribution in [3.63, 3.8) is 0 Å². The lowest BCUT2D eigenvalue weighted by Crippen LogP contribution is -2.33. The third-order valence-corrected chi connectivity index (χ3v) is 7.44. The molecule has 33 heavy (non-hydrogen) atoms. The van der Waals surface area contributed by atoms with Crippen LogP contribution in [-0.4, -0.2) is 29.8 Å². The molecule has 2 aromatic heterocycles. The van der Waals surface area contributed by atoms with E-state index in [4.69, 9.17) is 9.47 Å². The molecule has 7 heteroatoms. The van der Waals surface area contributed by atoms with Crippen molar-refractivity contribution in [3.8, 4) is 11.5 Å². The Morgan fingerprint density at radius 2 is 1.91 bits per heavy atom. The van der Waals surface area contributed by atoms with E-state index in [1.165, 1.54) is 10.4 Å². The Morgan fingerprint density at radius 3 is 2.70 bits per heavy atom. The maximum absolute atomic E-state index is 13.3. The van der Waals surface area contributed by atoms with Gasteiger partial charge in [0.15, 0.2) is 11.5 Å². The molecule has 5 rings (SSSR count). The maximum Gasteiger partial charge on any atom is 0.262 e. The highest BCUT2D eigenvalue weighted by Gasteiger charge is 2.25. The summed E-state index contributed by atoms with van der Waals surface area (Å²) in [4.78, 5) is 20.0. The molecule has 1 unspecified atom stereocenters. The summed E-state index contributed by atoms with van der Waals surface area (Å²) in [5.41, 5.74) is 3.52. The fraction of sp³-hybridized carbons (Fsp3) is 0.308. The lowest BCUT2D eigenvalue weighted by Gasteiger charge is -2.23. The SMILES string of the molecule is COc1ccc(CNC2CCc3c(sc4ncn(Cc5ccccc5)c(=O)c34)C2)cc1OC. The van der Waals surface area contributed by atoms with E-state index < -0.39 is 0 Å². The summed E-state index contributed by atoms with van der Waals surface area (Å²) in [6, 6.07) is 16.4. The van der Waals surface area contributed by atoms with Crippen LogP contribution in [0.15, 0.2) is 59.7 Å². The average Bonchev–Trinajstić information content (AvgIpc) is 3.23. The van der Waals surface area contributed by atoms with Crippen LogP contribution < -0.4 is 20.3 Å². The van der Waals surface area contributed by atoms with Crippen LogP contribution in [0, 0.1) is 0 Å². The summed E-state index contributed by atoms with van der Waals surface area (Å²) in [6.45, 7) is 1.30. The Labute approximate surface area is 196 Å². The van der Waals surface area contributed by atoms with Gasteiger partial charge in [-0.05, 0) is 48.1 Å². The number of nitrogens with zero attached hydrogens (tertiary/aromatic N) is 2. The highest BCUT2D eigenvalue weighted by Crippen LogP contribution is 2.34. The predicted octanol–water partition coefficient (Wildman–Crippen LogP) is 4.17. The van der Waals surface area contributed by atoms with E-state index in [1.54, 1.807) is 36.5 Å². The second-order valence-corrected chi connectivity index (χ2v) is 9.44. The molecule has 170 valence electrons. The number of methoxy groups -OCH3 is 2. The monoisotopic (exact) mass is 461 g/mol. The van der Waals surface area contributed by atoms with Crippen LogP contribution >= 0.6 is 11.3 Å². The summed E-state index contributed by atoms with van der Waals surface area (Å²) in [5.74, 6) is 1.48. The molecule has 0 amide bonds. The number of aryl methyl sites for hydroxylation is 1.